The zero-order valence-corrected chi connectivity index (χ0v) is 12.6. The lowest BCUT2D eigenvalue weighted by molar-refractivity contribution is 1.13. The van der Waals surface area contributed by atoms with Crippen LogP contribution in [0, 0.1) is 6.92 Å². The van der Waals surface area contributed by atoms with Gasteiger partial charge in [-0.3, -0.25) is 0 Å². The Kier molecular flexibility index (Phi) is 4.00. The van der Waals surface area contributed by atoms with Crippen molar-refractivity contribution >= 4 is 49.0 Å². The second kappa shape index (κ2) is 5.29. The molecule has 0 amide bonds. The predicted octanol–water partition coefficient (Wildman–Crippen LogP) is 4.59. The Hall–Kier alpha value is -0.390. The summed E-state index contributed by atoms with van der Waals surface area (Å²) >= 11 is 8.61. The molecule has 84 valence electrons. The highest BCUT2D eigenvalue weighted by molar-refractivity contribution is 9.11. The van der Waals surface area contributed by atoms with E-state index in [2.05, 4.69) is 61.2 Å². The molecule has 0 aromatic carbocycles. The minimum atomic E-state index is 0.810. The van der Waals surface area contributed by atoms with Gasteiger partial charge in [0.05, 0.1) is 10.3 Å². The lowest BCUT2D eigenvalue weighted by Gasteiger charge is -2.05. The Morgan fingerprint density at radius 2 is 2.19 bits per heavy atom. The first-order chi connectivity index (χ1) is 7.65. The monoisotopic (exact) mass is 360 g/mol. The molecule has 0 saturated carbocycles. The van der Waals surface area contributed by atoms with E-state index in [0.717, 1.165) is 20.6 Å². The fourth-order valence-electron chi connectivity index (χ4n) is 1.26. The molecule has 5 heteroatoms. The molecule has 2 aromatic rings. The maximum absolute atomic E-state index is 4.30. The Morgan fingerprint density at radius 3 is 2.81 bits per heavy atom. The summed E-state index contributed by atoms with van der Waals surface area (Å²) in [6.07, 6.45) is 1.82. The van der Waals surface area contributed by atoms with E-state index < -0.39 is 0 Å². The number of halogens is 2. The molecule has 0 aliphatic carbocycles. The van der Waals surface area contributed by atoms with Crippen LogP contribution in [0.25, 0.3) is 0 Å². The molecule has 0 radical (unpaired) electrons. The fraction of sp³-hybridized carbons (Fsp3) is 0.182. The average Bonchev–Trinajstić information content (AvgIpc) is 2.66. The zero-order chi connectivity index (χ0) is 11.5. The highest BCUT2D eigenvalue weighted by Gasteiger charge is 2.00. The van der Waals surface area contributed by atoms with E-state index in [9.17, 15) is 0 Å². The Morgan fingerprint density at radius 1 is 1.38 bits per heavy atom. The molecule has 0 aliphatic rings. The van der Waals surface area contributed by atoms with Gasteiger partial charge in [0.1, 0.15) is 5.82 Å². The average molecular weight is 362 g/mol. The number of aromatic nitrogens is 1. The highest BCUT2D eigenvalue weighted by atomic mass is 79.9. The molecule has 0 aliphatic heterocycles. The summed E-state index contributed by atoms with van der Waals surface area (Å²) in [6.45, 7) is 2.86. The van der Waals surface area contributed by atoms with E-state index in [1.165, 1.54) is 10.4 Å². The summed E-state index contributed by atoms with van der Waals surface area (Å²) in [4.78, 5) is 5.58. The summed E-state index contributed by atoms with van der Waals surface area (Å²) in [5, 5.41) is 3.30. The van der Waals surface area contributed by atoms with Crippen LogP contribution < -0.4 is 5.32 Å². The highest BCUT2D eigenvalue weighted by Crippen LogP contribution is 2.23. The molecule has 0 unspecified atom stereocenters. The molecule has 0 bridgehead atoms. The normalized spacial score (nSPS) is 10.4. The van der Waals surface area contributed by atoms with E-state index in [1.54, 1.807) is 11.3 Å². The molecule has 2 heterocycles. The Bertz CT molecular complexity index is 496. The first-order valence-electron chi connectivity index (χ1n) is 4.75. The van der Waals surface area contributed by atoms with Crippen LogP contribution in [-0.2, 0) is 6.54 Å². The topological polar surface area (TPSA) is 24.9 Å². The van der Waals surface area contributed by atoms with Crippen LogP contribution in [0.15, 0.2) is 32.7 Å². The number of nitrogens with one attached hydrogen (secondary N) is 1. The van der Waals surface area contributed by atoms with Crippen LogP contribution in [0.1, 0.15) is 10.4 Å². The van der Waals surface area contributed by atoms with Crippen molar-refractivity contribution in [2.24, 2.45) is 0 Å². The zero-order valence-electron chi connectivity index (χ0n) is 8.63. The van der Waals surface area contributed by atoms with Crippen molar-refractivity contribution in [2.75, 3.05) is 5.32 Å². The van der Waals surface area contributed by atoms with Gasteiger partial charge in [-0.15, -0.1) is 11.3 Å². The smallest absolute Gasteiger partial charge is 0.126 e. The third-order valence-corrected chi connectivity index (χ3v) is 4.57. The standard InChI is InChI=1S/C11H10Br2N2S/c1-7-4-11(15-6-9(7)12)14-5-8-2-3-10(13)16-8/h2-4,6H,5H2,1H3,(H,14,15). The molecule has 0 atom stereocenters. The summed E-state index contributed by atoms with van der Waals surface area (Å²) in [5.41, 5.74) is 1.19. The van der Waals surface area contributed by atoms with Crippen molar-refractivity contribution < 1.29 is 0 Å². The van der Waals surface area contributed by atoms with Crippen LogP contribution in [0.3, 0.4) is 0 Å². The van der Waals surface area contributed by atoms with Gasteiger partial charge in [0.2, 0.25) is 0 Å². The van der Waals surface area contributed by atoms with E-state index in [-0.39, 0.29) is 0 Å². The lowest BCUT2D eigenvalue weighted by Crippen LogP contribution is -1.99. The second-order valence-corrected chi connectivity index (χ2v) is 6.78. The second-order valence-electron chi connectivity index (χ2n) is 3.38. The minimum absolute atomic E-state index is 0.810. The number of aryl methyl sites for hydroxylation is 1. The first-order valence-corrected chi connectivity index (χ1v) is 7.15. The van der Waals surface area contributed by atoms with Gasteiger partial charge >= 0.3 is 0 Å². The maximum atomic E-state index is 4.30. The third-order valence-electron chi connectivity index (χ3n) is 2.12. The molecule has 0 saturated heterocycles. The SMILES string of the molecule is Cc1cc(NCc2ccc(Br)s2)ncc1Br. The fourth-order valence-corrected chi connectivity index (χ4v) is 2.90. The van der Waals surface area contributed by atoms with Gasteiger partial charge in [-0.25, -0.2) is 4.98 Å². The van der Waals surface area contributed by atoms with E-state index in [0.29, 0.717) is 0 Å². The van der Waals surface area contributed by atoms with E-state index >= 15 is 0 Å². The van der Waals surface area contributed by atoms with Gasteiger partial charge in [0, 0.05) is 15.5 Å². The van der Waals surface area contributed by atoms with Gasteiger partial charge < -0.3 is 5.32 Å². The van der Waals surface area contributed by atoms with Gasteiger partial charge in [-0.1, -0.05) is 0 Å². The number of anilines is 1. The number of hydrogen-bond donors (Lipinski definition) is 1. The van der Waals surface area contributed by atoms with Crippen LogP contribution in [0.2, 0.25) is 0 Å². The van der Waals surface area contributed by atoms with Gasteiger partial charge in [0.25, 0.3) is 0 Å². The largest absolute Gasteiger partial charge is 0.365 e. The molecule has 2 nitrogen and oxygen atoms in total. The molecule has 16 heavy (non-hydrogen) atoms. The van der Waals surface area contributed by atoms with Crippen LogP contribution in [0.5, 0.6) is 0 Å². The molecule has 0 fully saturated rings. The lowest BCUT2D eigenvalue weighted by atomic mass is 10.3. The van der Waals surface area contributed by atoms with E-state index in [4.69, 9.17) is 0 Å². The van der Waals surface area contributed by atoms with Crippen molar-refractivity contribution in [1.82, 2.24) is 4.98 Å². The van der Waals surface area contributed by atoms with Crippen molar-refractivity contribution in [3.63, 3.8) is 0 Å². The molecule has 0 spiro atoms. The molecule has 2 rings (SSSR count). The minimum Gasteiger partial charge on any atom is -0.365 e. The molecule has 2 aromatic heterocycles. The molecular weight excluding hydrogens is 352 g/mol. The summed E-state index contributed by atoms with van der Waals surface area (Å²) in [5.74, 6) is 0.908. The quantitative estimate of drug-likeness (QED) is 0.864. The van der Waals surface area contributed by atoms with E-state index in [1.807, 2.05) is 12.3 Å². The number of thiophene rings is 1. The van der Waals surface area contributed by atoms with Crippen LogP contribution in [-0.4, -0.2) is 4.98 Å². The Labute approximate surface area is 115 Å². The number of pyridine rings is 1. The van der Waals surface area contributed by atoms with Crippen molar-refractivity contribution in [3.05, 3.63) is 43.1 Å². The summed E-state index contributed by atoms with van der Waals surface area (Å²) in [6, 6.07) is 6.20. The van der Waals surface area contributed by atoms with Crippen molar-refractivity contribution in [2.45, 2.75) is 13.5 Å². The van der Waals surface area contributed by atoms with Crippen LogP contribution >= 0.6 is 43.2 Å². The predicted molar refractivity (Wildman–Crippen MR) is 76.0 cm³/mol. The van der Waals surface area contributed by atoms with Crippen molar-refractivity contribution in [3.8, 4) is 0 Å². The number of rotatable bonds is 3. The molecular formula is C11H10Br2N2S. The molecule has 1 N–H and O–H groups in total. The summed E-state index contributed by atoms with van der Waals surface area (Å²) in [7, 11) is 0. The number of nitrogens with zero attached hydrogens (tertiary/aromatic N) is 1. The van der Waals surface area contributed by atoms with Gasteiger partial charge in [0.15, 0.2) is 0 Å². The van der Waals surface area contributed by atoms with Crippen LogP contribution in [0.4, 0.5) is 5.82 Å². The van der Waals surface area contributed by atoms with Gasteiger partial charge in [-0.2, -0.15) is 0 Å². The van der Waals surface area contributed by atoms with Gasteiger partial charge in [-0.05, 0) is 62.5 Å². The summed E-state index contributed by atoms with van der Waals surface area (Å²) < 4.78 is 2.20. The maximum Gasteiger partial charge on any atom is 0.126 e. The number of hydrogen-bond acceptors (Lipinski definition) is 3. The Balaban J connectivity index is 2.02. The van der Waals surface area contributed by atoms with Crippen molar-refractivity contribution in [1.29, 1.82) is 0 Å². The first kappa shape index (κ1) is 12.1. The third kappa shape index (κ3) is 3.06.